The zero-order valence-electron chi connectivity index (χ0n) is 18.4. The second kappa shape index (κ2) is 8.93. The first-order chi connectivity index (χ1) is 14.2. The van der Waals surface area contributed by atoms with E-state index in [2.05, 4.69) is 0 Å². The second-order valence-corrected chi connectivity index (χ2v) is 9.44. The SMILES string of the molecule is Cc1cc(C)c(C(=O)P(Oc2ccccc2)C(=O)c2c(C)cc(C)cc2C)c(C)c1. The molecule has 0 atom stereocenters. The lowest BCUT2D eigenvalue weighted by Gasteiger charge is -2.20. The predicted octanol–water partition coefficient (Wildman–Crippen LogP) is 6.99. The third kappa shape index (κ3) is 4.52. The molecule has 4 heteroatoms. The first-order valence-electron chi connectivity index (χ1n) is 9.96. The number of hydrogen-bond donors (Lipinski definition) is 0. The number of aryl methyl sites for hydroxylation is 6. The van der Waals surface area contributed by atoms with Gasteiger partial charge in [0.25, 0.3) is 0 Å². The van der Waals surface area contributed by atoms with Gasteiger partial charge in [0, 0.05) is 11.1 Å². The third-order valence-corrected chi connectivity index (χ3v) is 6.67. The molecule has 0 aliphatic heterocycles. The van der Waals surface area contributed by atoms with Crippen molar-refractivity contribution >= 4 is 19.2 Å². The number of carbonyl (C=O) groups excluding carboxylic acids is 2. The lowest BCUT2D eigenvalue weighted by Crippen LogP contribution is -2.15. The molecular formula is C26H27O3P. The van der Waals surface area contributed by atoms with Gasteiger partial charge in [-0.25, -0.2) is 0 Å². The quantitative estimate of drug-likeness (QED) is 0.405. The van der Waals surface area contributed by atoms with Gasteiger partial charge in [0.2, 0.25) is 19.2 Å². The van der Waals surface area contributed by atoms with Crippen LogP contribution in [0.3, 0.4) is 0 Å². The lowest BCUT2D eigenvalue weighted by atomic mass is 10.0. The van der Waals surface area contributed by atoms with Gasteiger partial charge >= 0.3 is 0 Å². The maximum Gasteiger partial charge on any atom is 0.234 e. The van der Waals surface area contributed by atoms with E-state index in [4.69, 9.17) is 4.52 Å². The Kier molecular flexibility index (Phi) is 6.53. The lowest BCUT2D eigenvalue weighted by molar-refractivity contribution is 0.103. The van der Waals surface area contributed by atoms with Gasteiger partial charge in [0.15, 0.2) is 0 Å². The number of carbonyl (C=O) groups is 2. The summed E-state index contributed by atoms with van der Waals surface area (Å²) in [4.78, 5) is 27.4. The normalized spacial score (nSPS) is 10.9. The molecule has 3 nitrogen and oxygen atoms in total. The van der Waals surface area contributed by atoms with Gasteiger partial charge in [0.05, 0.1) is 0 Å². The molecule has 0 fully saturated rings. The second-order valence-electron chi connectivity index (χ2n) is 7.86. The fourth-order valence-electron chi connectivity index (χ4n) is 4.00. The monoisotopic (exact) mass is 418 g/mol. The number of para-hydroxylation sites is 1. The Morgan fingerprint density at radius 1 is 0.633 bits per heavy atom. The smallest absolute Gasteiger partial charge is 0.234 e. The van der Waals surface area contributed by atoms with E-state index < -0.39 is 8.15 Å². The van der Waals surface area contributed by atoms with E-state index in [1.807, 2.05) is 84.0 Å². The molecule has 0 saturated heterocycles. The molecule has 0 bridgehead atoms. The molecule has 0 aliphatic carbocycles. The van der Waals surface area contributed by atoms with Crippen LogP contribution in [0.1, 0.15) is 54.1 Å². The van der Waals surface area contributed by atoms with Crippen molar-refractivity contribution in [2.24, 2.45) is 0 Å². The highest BCUT2D eigenvalue weighted by molar-refractivity contribution is 7.86. The van der Waals surface area contributed by atoms with Crippen LogP contribution in [0.15, 0.2) is 54.6 Å². The molecule has 3 aromatic carbocycles. The van der Waals surface area contributed by atoms with Crippen LogP contribution >= 0.6 is 8.15 Å². The average molecular weight is 418 g/mol. The first kappa shape index (κ1) is 21.9. The van der Waals surface area contributed by atoms with Crippen LogP contribution < -0.4 is 4.52 Å². The van der Waals surface area contributed by atoms with Gasteiger partial charge in [-0.15, -0.1) is 0 Å². The van der Waals surface area contributed by atoms with Crippen molar-refractivity contribution in [1.82, 2.24) is 0 Å². The molecule has 0 aromatic heterocycles. The maximum atomic E-state index is 13.7. The van der Waals surface area contributed by atoms with Crippen molar-refractivity contribution < 1.29 is 14.1 Å². The highest BCUT2D eigenvalue weighted by Gasteiger charge is 2.35. The molecule has 0 amide bonds. The van der Waals surface area contributed by atoms with Crippen molar-refractivity contribution in [1.29, 1.82) is 0 Å². The molecular weight excluding hydrogens is 391 g/mol. The summed E-state index contributed by atoms with van der Waals surface area (Å²) >= 11 is 0. The average Bonchev–Trinajstić information content (AvgIpc) is 2.65. The molecule has 3 rings (SSSR count). The molecule has 0 unspecified atom stereocenters. The van der Waals surface area contributed by atoms with Crippen molar-refractivity contribution in [2.75, 3.05) is 0 Å². The molecule has 0 aliphatic rings. The Labute approximate surface area is 179 Å². The topological polar surface area (TPSA) is 43.4 Å². The molecule has 0 N–H and O–H groups in total. The minimum Gasteiger partial charge on any atom is -0.458 e. The minimum atomic E-state index is -2.07. The zero-order chi connectivity index (χ0) is 22.0. The van der Waals surface area contributed by atoms with Crippen LogP contribution in [0, 0.1) is 41.5 Å². The summed E-state index contributed by atoms with van der Waals surface area (Å²) in [6, 6.07) is 17.0. The van der Waals surface area contributed by atoms with E-state index in [1.54, 1.807) is 12.1 Å². The summed E-state index contributed by atoms with van der Waals surface area (Å²) in [5.41, 5.74) is 6.33. The van der Waals surface area contributed by atoms with E-state index >= 15 is 0 Å². The van der Waals surface area contributed by atoms with Crippen LogP contribution in [0.25, 0.3) is 0 Å². The summed E-state index contributed by atoms with van der Waals surface area (Å²) in [5, 5.41) is 0. The number of rotatable bonds is 6. The van der Waals surface area contributed by atoms with Gasteiger partial charge in [0.1, 0.15) is 5.75 Å². The fraction of sp³-hybridized carbons (Fsp3) is 0.231. The van der Waals surface area contributed by atoms with Gasteiger partial charge in [-0.2, -0.15) is 0 Å². The molecule has 0 saturated carbocycles. The van der Waals surface area contributed by atoms with E-state index in [9.17, 15) is 9.59 Å². The minimum absolute atomic E-state index is 0.242. The number of benzene rings is 3. The molecule has 30 heavy (non-hydrogen) atoms. The third-order valence-electron chi connectivity index (χ3n) is 5.09. The maximum absolute atomic E-state index is 13.7. The number of hydrogen-bond acceptors (Lipinski definition) is 3. The summed E-state index contributed by atoms with van der Waals surface area (Å²) in [5.74, 6) is 0.523. The predicted molar refractivity (Wildman–Crippen MR) is 124 cm³/mol. The highest BCUT2D eigenvalue weighted by atomic mass is 31.1. The van der Waals surface area contributed by atoms with Crippen molar-refractivity contribution in [2.45, 2.75) is 41.5 Å². The van der Waals surface area contributed by atoms with Crippen LogP contribution in [0.2, 0.25) is 0 Å². The molecule has 0 radical (unpaired) electrons. The molecule has 154 valence electrons. The van der Waals surface area contributed by atoms with Gasteiger partial charge < -0.3 is 4.52 Å². The summed E-state index contributed by atoms with van der Waals surface area (Å²) in [6.07, 6.45) is 0. The van der Waals surface area contributed by atoms with E-state index in [0.29, 0.717) is 16.9 Å². The van der Waals surface area contributed by atoms with E-state index in [1.165, 1.54) is 0 Å². The Balaban J connectivity index is 2.12. The van der Waals surface area contributed by atoms with Gasteiger partial charge in [-0.3, -0.25) is 9.59 Å². The van der Waals surface area contributed by atoms with E-state index in [0.717, 1.165) is 33.4 Å². The van der Waals surface area contributed by atoms with Crippen molar-refractivity contribution in [3.05, 3.63) is 99.1 Å². The first-order valence-corrected chi connectivity index (χ1v) is 11.2. The molecule has 0 spiro atoms. The Bertz CT molecular complexity index is 1000. The van der Waals surface area contributed by atoms with Crippen molar-refractivity contribution in [3.8, 4) is 5.75 Å². The van der Waals surface area contributed by atoms with Crippen LogP contribution in [0.4, 0.5) is 0 Å². The Morgan fingerprint density at radius 3 is 1.37 bits per heavy atom. The van der Waals surface area contributed by atoms with Crippen LogP contribution in [0.5, 0.6) is 5.75 Å². The largest absolute Gasteiger partial charge is 0.458 e. The van der Waals surface area contributed by atoms with Crippen LogP contribution in [-0.4, -0.2) is 11.0 Å². The highest BCUT2D eigenvalue weighted by Crippen LogP contribution is 2.47. The van der Waals surface area contributed by atoms with Gasteiger partial charge in [-0.1, -0.05) is 53.6 Å². The zero-order valence-corrected chi connectivity index (χ0v) is 19.3. The Morgan fingerprint density at radius 2 is 1.00 bits per heavy atom. The molecule has 3 aromatic rings. The summed E-state index contributed by atoms with van der Waals surface area (Å²) < 4.78 is 6.09. The van der Waals surface area contributed by atoms with E-state index in [-0.39, 0.29) is 11.0 Å². The Hall–Kier alpha value is -2.77. The molecule has 0 heterocycles. The van der Waals surface area contributed by atoms with Gasteiger partial charge in [-0.05, 0) is 75.9 Å². The summed E-state index contributed by atoms with van der Waals surface area (Å²) in [6.45, 7) is 11.7. The standard InChI is InChI=1S/C26H27O3P/c1-16-12-18(3)23(19(4)13-16)25(27)30(29-22-10-8-7-9-11-22)26(28)24-20(5)14-17(2)15-21(24)6/h7-15H,1-6H3. The van der Waals surface area contributed by atoms with Crippen molar-refractivity contribution in [3.63, 3.8) is 0 Å². The fourth-order valence-corrected chi connectivity index (χ4v) is 5.79. The van der Waals surface area contributed by atoms with Crippen LogP contribution in [-0.2, 0) is 0 Å². The summed E-state index contributed by atoms with van der Waals surface area (Å²) in [7, 11) is -2.07.